The molecule has 1 spiro atoms. The lowest BCUT2D eigenvalue weighted by Gasteiger charge is -2.31. The number of nitrogens with two attached hydrogens (primary N) is 1. The normalized spacial score (nSPS) is 19.6. The van der Waals surface area contributed by atoms with Crippen LogP contribution in [0.1, 0.15) is 41.6 Å². The molecular weight excluding hydrogens is 266 g/mol. The minimum atomic E-state index is -1.12. The van der Waals surface area contributed by atoms with Crippen LogP contribution in [0.3, 0.4) is 0 Å². The van der Waals surface area contributed by atoms with Crippen LogP contribution in [-0.4, -0.2) is 36.0 Å². The predicted molar refractivity (Wildman–Crippen MR) is 80.5 cm³/mol. The van der Waals surface area contributed by atoms with Crippen LogP contribution < -0.4 is 10.8 Å². The Kier molecular flexibility index (Phi) is 4.96. The van der Waals surface area contributed by atoms with Crippen molar-refractivity contribution in [2.24, 2.45) is 10.8 Å². The van der Waals surface area contributed by atoms with Crippen LogP contribution in [0, 0.1) is 6.92 Å². The first-order valence-corrected chi connectivity index (χ1v) is 7.49. The van der Waals surface area contributed by atoms with Gasteiger partial charge in [-0.15, -0.1) is 0 Å². The summed E-state index contributed by atoms with van der Waals surface area (Å²) in [5.41, 5.74) is 6.95. The second-order valence-corrected chi connectivity index (χ2v) is 5.82. The summed E-state index contributed by atoms with van der Waals surface area (Å²) >= 11 is 0. The fourth-order valence-electron chi connectivity index (χ4n) is 2.81. The van der Waals surface area contributed by atoms with Crippen LogP contribution in [0.4, 0.5) is 0 Å². The first-order chi connectivity index (χ1) is 10.0. The van der Waals surface area contributed by atoms with E-state index in [1.807, 2.05) is 6.92 Å². The summed E-state index contributed by atoms with van der Waals surface area (Å²) < 4.78 is 0.950. The maximum Gasteiger partial charge on any atom is 0.161 e. The first kappa shape index (κ1) is 15.5. The van der Waals surface area contributed by atoms with Crippen LogP contribution in [0.5, 0.6) is 0 Å². The standard InChI is InChI=1S/C8H16N3.C8H8O2/c9-8-4-7-11(10-8)5-2-1-3-6-11;1-6-2-4-7(5-3-6)8(9)10/h1-7H2,(H2,9,10);2-5H,1H3,(H,9,10)/q+1;/p-1. The third-order valence-corrected chi connectivity index (χ3v) is 4.06. The molecule has 5 heteroatoms. The van der Waals surface area contributed by atoms with Gasteiger partial charge in [-0.1, -0.05) is 34.9 Å². The van der Waals surface area contributed by atoms with Crippen molar-refractivity contribution in [2.45, 2.75) is 32.6 Å². The lowest BCUT2D eigenvalue weighted by Crippen LogP contribution is -2.44. The molecule has 2 aliphatic rings. The average molecular weight is 289 g/mol. The second-order valence-electron chi connectivity index (χ2n) is 5.82. The number of quaternary nitrogens is 1. The van der Waals surface area contributed by atoms with E-state index in [1.165, 1.54) is 44.5 Å². The maximum absolute atomic E-state index is 10.2. The van der Waals surface area contributed by atoms with Gasteiger partial charge in [0, 0.05) is 0 Å². The number of amidine groups is 1. The number of carboxylic acids is 1. The molecule has 2 heterocycles. The molecule has 1 fully saturated rings. The summed E-state index contributed by atoms with van der Waals surface area (Å²) in [7, 11) is 0. The number of hydrogen-bond donors (Lipinski definition) is 1. The number of hydrogen-bond acceptors (Lipinski definition) is 4. The molecule has 1 aromatic carbocycles. The van der Waals surface area contributed by atoms with Crippen molar-refractivity contribution in [2.75, 3.05) is 19.6 Å². The number of aryl methyl sites for hydroxylation is 1. The lowest BCUT2D eigenvalue weighted by atomic mass is 10.1. The number of carbonyl (C=O) groups is 1. The van der Waals surface area contributed by atoms with E-state index in [0.29, 0.717) is 0 Å². The molecule has 0 unspecified atom stereocenters. The maximum atomic E-state index is 10.2. The number of nitrogens with zero attached hydrogens (tertiary/aromatic N) is 2. The first-order valence-electron chi connectivity index (χ1n) is 7.49. The third-order valence-electron chi connectivity index (χ3n) is 4.06. The molecule has 0 aromatic heterocycles. The van der Waals surface area contributed by atoms with Crippen LogP contribution >= 0.6 is 0 Å². The zero-order valence-corrected chi connectivity index (χ0v) is 12.5. The van der Waals surface area contributed by atoms with Gasteiger partial charge >= 0.3 is 0 Å². The molecule has 0 radical (unpaired) electrons. The fourth-order valence-corrected chi connectivity index (χ4v) is 2.81. The van der Waals surface area contributed by atoms with Gasteiger partial charge < -0.3 is 15.6 Å². The van der Waals surface area contributed by atoms with Gasteiger partial charge in [0.2, 0.25) is 0 Å². The monoisotopic (exact) mass is 289 g/mol. The number of aromatic carboxylic acids is 1. The van der Waals surface area contributed by atoms with E-state index in [-0.39, 0.29) is 5.56 Å². The number of carboxylic acid groups (broad SMARTS) is 1. The molecule has 114 valence electrons. The van der Waals surface area contributed by atoms with E-state index < -0.39 is 5.97 Å². The lowest BCUT2D eigenvalue weighted by molar-refractivity contribution is -0.933. The molecule has 0 bridgehead atoms. The quantitative estimate of drug-likeness (QED) is 0.784. The Bertz CT molecular complexity index is 517. The molecule has 1 aromatic rings. The van der Waals surface area contributed by atoms with Crippen LogP contribution in [0.15, 0.2) is 29.4 Å². The summed E-state index contributed by atoms with van der Waals surface area (Å²) in [6.45, 7) is 5.51. The molecule has 3 rings (SSSR count). The molecule has 0 saturated carbocycles. The Hall–Kier alpha value is -1.88. The third kappa shape index (κ3) is 4.29. The van der Waals surface area contributed by atoms with Crippen molar-refractivity contribution >= 4 is 11.8 Å². The number of rotatable bonds is 1. The minimum absolute atomic E-state index is 0.227. The highest BCUT2D eigenvalue weighted by Gasteiger charge is 2.34. The van der Waals surface area contributed by atoms with Crippen molar-refractivity contribution in [1.82, 2.24) is 0 Å². The van der Waals surface area contributed by atoms with Crippen LogP contribution in [-0.2, 0) is 0 Å². The number of carbonyl (C=O) groups excluding carboxylic acids is 1. The Morgan fingerprint density at radius 3 is 2.24 bits per heavy atom. The Morgan fingerprint density at radius 2 is 1.76 bits per heavy atom. The Labute approximate surface area is 125 Å². The molecule has 5 nitrogen and oxygen atoms in total. The topological polar surface area (TPSA) is 78.5 Å². The van der Waals surface area contributed by atoms with Crippen molar-refractivity contribution < 1.29 is 14.5 Å². The molecule has 1 saturated heterocycles. The number of benzene rings is 1. The average Bonchev–Trinajstić information content (AvgIpc) is 2.81. The highest BCUT2D eigenvalue weighted by atomic mass is 16.4. The Balaban J connectivity index is 0.000000155. The summed E-state index contributed by atoms with van der Waals surface area (Å²) in [5, 5.41) is 14.7. The zero-order chi connectivity index (χ0) is 15.3. The molecule has 0 amide bonds. The summed E-state index contributed by atoms with van der Waals surface area (Å²) in [6, 6.07) is 6.55. The minimum Gasteiger partial charge on any atom is -0.545 e. The van der Waals surface area contributed by atoms with E-state index in [2.05, 4.69) is 5.10 Å². The van der Waals surface area contributed by atoms with Gasteiger partial charge in [-0.3, -0.25) is 0 Å². The van der Waals surface area contributed by atoms with E-state index in [1.54, 1.807) is 12.1 Å². The highest BCUT2D eigenvalue weighted by Crippen LogP contribution is 2.23. The summed E-state index contributed by atoms with van der Waals surface area (Å²) in [4.78, 5) is 10.2. The van der Waals surface area contributed by atoms with Crippen LogP contribution in [0.2, 0.25) is 0 Å². The molecule has 2 aliphatic heterocycles. The van der Waals surface area contributed by atoms with Crippen molar-refractivity contribution in [3.05, 3.63) is 35.4 Å². The van der Waals surface area contributed by atoms with E-state index in [4.69, 9.17) is 5.73 Å². The SMILES string of the molecule is Cc1ccc(C(=O)[O-])cc1.NC1=N[N+]2(CCCCC2)CC1. The molecule has 21 heavy (non-hydrogen) atoms. The Morgan fingerprint density at radius 1 is 1.14 bits per heavy atom. The van der Waals surface area contributed by atoms with Crippen molar-refractivity contribution in [1.29, 1.82) is 0 Å². The van der Waals surface area contributed by atoms with Gasteiger partial charge in [0.15, 0.2) is 5.84 Å². The van der Waals surface area contributed by atoms with Gasteiger partial charge in [0.05, 0.1) is 12.4 Å². The molecule has 0 atom stereocenters. The number of piperidine rings is 1. The molecule has 0 aliphatic carbocycles. The largest absolute Gasteiger partial charge is 0.545 e. The molecular formula is C16H23N3O2. The van der Waals surface area contributed by atoms with Gasteiger partial charge in [-0.2, -0.15) is 4.59 Å². The van der Waals surface area contributed by atoms with Gasteiger partial charge in [0.25, 0.3) is 0 Å². The molecule has 2 N–H and O–H groups in total. The smallest absolute Gasteiger partial charge is 0.161 e. The van der Waals surface area contributed by atoms with E-state index in [0.717, 1.165) is 29.0 Å². The zero-order valence-electron chi connectivity index (χ0n) is 12.5. The van der Waals surface area contributed by atoms with Gasteiger partial charge in [-0.05, 0) is 31.7 Å². The van der Waals surface area contributed by atoms with E-state index in [9.17, 15) is 9.90 Å². The highest BCUT2D eigenvalue weighted by molar-refractivity contribution is 5.85. The second kappa shape index (κ2) is 6.72. The van der Waals surface area contributed by atoms with Gasteiger partial charge in [0.1, 0.15) is 19.6 Å². The van der Waals surface area contributed by atoms with Crippen molar-refractivity contribution in [3.8, 4) is 0 Å². The fraction of sp³-hybridized carbons (Fsp3) is 0.500. The summed E-state index contributed by atoms with van der Waals surface area (Å²) in [6.07, 6.45) is 5.06. The van der Waals surface area contributed by atoms with Gasteiger partial charge in [-0.25, -0.2) is 0 Å². The summed E-state index contributed by atoms with van der Waals surface area (Å²) in [5.74, 6) is -0.257. The van der Waals surface area contributed by atoms with Crippen molar-refractivity contribution in [3.63, 3.8) is 0 Å². The van der Waals surface area contributed by atoms with Crippen LogP contribution in [0.25, 0.3) is 0 Å². The van der Waals surface area contributed by atoms with E-state index >= 15 is 0 Å². The predicted octanol–water partition coefficient (Wildman–Crippen LogP) is 1.02.